The summed E-state index contributed by atoms with van der Waals surface area (Å²) in [6.07, 6.45) is 16.0. The third-order valence-corrected chi connectivity index (χ3v) is 6.71. The molecule has 0 aliphatic heterocycles. The molecule has 210 valence electrons. The summed E-state index contributed by atoms with van der Waals surface area (Å²) < 4.78 is 33.0. The quantitative estimate of drug-likeness (QED) is 0.0663. The third kappa shape index (κ3) is 25.0. The number of phosphoric acid groups is 1. The first-order valence-electron chi connectivity index (χ1n) is 13.8. The lowest BCUT2D eigenvalue weighted by Crippen LogP contribution is -2.37. The van der Waals surface area contributed by atoms with Gasteiger partial charge in [-0.15, -0.1) is 0 Å². The second-order valence-electron chi connectivity index (χ2n) is 10.3. The zero-order chi connectivity index (χ0) is 26.4. The van der Waals surface area contributed by atoms with Crippen LogP contribution in [0.4, 0.5) is 0 Å². The highest BCUT2D eigenvalue weighted by atomic mass is 31.2. The monoisotopic (exact) mass is 523 g/mol. The van der Waals surface area contributed by atoms with Gasteiger partial charge >= 0.3 is 5.97 Å². The van der Waals surface area contributed by atoms with E-state index < -0.39 is 13.9 Å². The van der Waals surface area contributed by atoms with Crippen LogP contribution in [0.1, 0.15) is 104 Å². The van der Waals surface area contributed by atoms with E-state index in [1.165, 1.54) is 64.2 Å². The molecule has 0 aromatic rings. The summed E-state index contributed by atoms with van der Waals surface area (Å²) in [6, 6.07) is 0. The van der Waals surface area contributed by atoms with Gasteiger partial charge in [0.25, 0.3) is 7.82 Å². The number of carbonyl (C=O) groups is 1. The van der Waals surface area contributed by atoms with Crippen molar-refractivity contribution in [3.63, 3.8) is 0 Å². The molecule has 0 saturated heterocycles. The van der Waals surface area contributed by atoms with Crippen molar-refractivity contribution < 1.29 is 37.3 Å². The molecule has 0 N–H and O–H groups in total. The Morgan fingerprint density at radius 1 is 0.800 bits per heavy atom. The Balaban J connectivity index is 3.82. The molecule has 0 rings (SSSR count). The highest BCUT2D eigenvalue weighted by Gasteiger charge is 2.18. The SMILES string of the molecule is CCCCCCCCCCCCCCCC(=O)OC[C@H](COP(=O)([O-])OCC[N+](C)(C)C)OCC. The van der Waals surface area contributed by atoms with Crippen LogP contribution < -0.4 is 4.89 Å². The highest BCUT2D eigenvalue weighted by molar-refractivity contribution is 7.45. The maximum atomic E-state index is 12.0. The van der Waals surface area contributed by atoms with Crippen molar-refractivity contribution in [3.8, 4) is 0 Å². The molecule has 1 unspecified atom stereocenters. The molecule has 9 heteroatoms. The average molecular weight is 524 g/mol. The van der Waals surface area contributed by atoms with Gasteiger partial charge < -0.3 is 27.9 Å². The summed E-state index contributed by atoms with van der Waals surface area (Å²) >= 11 is 0. The largest absolute Gasteiger partial charge is 0.756 e. The van der Waals surface area contributed by atoms with Crippen LogP contribution in [0.25, 0.3) is 0 Å². The molecule has 0 aliphatic rings. The number of rotatable bonds is 25. The molecule has 0 aliphatic carbocycles. The number of quaternary nitrogens is 1. The van der Waals surface area contributed by atoms with Crippen molar-refractivity contribution in [3.05, 3.63) is 0 Å². The van der Waals surface area contributed by atoms with E-state index in [0.717, 1.165) is 19.3 Å². The minimum Gasteiger partial charge on any atom is -0.756 e. The number of phosphoric ester groups is 1. The van der Waals surface area contributed by atoms with Gasteiger partial charge in [0.05, 0.1) is 27.7 Å². The van der Waals surface area contributed by atoms with Crippen LogP contribution in [-0.4, -0.2) is 70.7 Å². The molecular formula is C26H54NO7P. The Morgan fingerprint density at radius 3 is 1.80 bits per heavy atom. The van der Waals surface area contributed by atoms with Gasteiger partial charge in [-0.3, -0.25) is 9.36 Å². The van der Waals surface area contributed by atoms with Crippen LogP contribution >= 0.6 is 7.82 Å². The fraction of sp³-hybridized carbons (Fsp3) is 0.962. The van der Waals surface area contributed by atoms with E-state index in [0.29, 0.717) is 24.1 Å². The molecule has 2 atom stereocenters. The fourth-order valence-corrected chi connectivity index (χ4v) is 4.29. The van der Waals surface area contributed by atoms with Crippen LogP contribution in [0.3, 0.4) is 0 Å². The number of esters is 1. The summed E-state index contributed by atoms with van der Waals surface area (Å²) in [6.45, 7) is 4.68. The van der Waals surface area contributed by atoms with E-state index in [-0.39, 0.29) is 25.8 Å². The number of likely N-dealkylation sites (N-methyl/N-ethyl adjacent to an activating group) is 1. The normalized spacial score (nSPS) is 14.6. The molecule has 8 nitrogen and oxygen atoms in total. The maximum Gasteiger partial charge on any atom is 0.305 e. The third-order valence-electron chi connectivity index (χ3n) is 5.75. The zero-order valence-electron chi connectivity index (χ0n) is 23.3. The lowest BCUT2D eigenvalue weighted by Gasteiger charge is -2.28. The summed E-state index contributed by atoms with van der Waals surface area (Å²) in [7, 11) is 1.40. The molecule has 0 spiro atoms. The number of ether oxygens (including phenoxy) is 2. The fourth-order valence-electron chi connectivity index (χ4n) is 3.56. The van der Waals surface area contributed by atoms with Gasteiger partial charge in [-0.05, 0) is 13.3 Å². The molecule has 0 radical (unpaired) electrons. The van der Waals surface area contributed by atoms with Gasteiger partial charge in [-0.2, -0.15) is 0 Å². The Hall–Kier alpha value is -0.500. The topological polar surface area (TPSA) is 94.1 Å². The Morgan fingerprint density at radius 2 is 1.31 bits per heavy atom. The van der Waals surface area contributed by atoms with Gasteiger partial charge in [0.15, 0.2) is 0 Å². The zero-order valence-corrected chi connectivity index (χ0v) is 24.2. The van der Waals surface area contributed by atoms with Crippen molar-refractivity contribution in [1.82, 2.24) is 0 Å². The Labute approximate surface area is 215 Å². The number of carbonyl (C=O) groups excluding carboxylic acids is 1. The number of hydrogen-bond donors (Lipinski definition) is 0. The minimum atomic E-state index is -4.43. The predicted octanol–water partition coefficient (Wildman–Crippen LogP) is 5.62. The number of unbranched alkanes of at least 4 members (excludes halogenated alkanes) is 12. The smallest absolute Gasteiger partial charge is 0.305 e. The molecule has 0 amide bonds. The van der Waals surface area contributed by atoms with Crippen molar-refractivity contribution in [2.75, 3.05) is 54.1 Å². The molecule has 0 saturated carbocycles. The van der Waals surface area contributed by atoms with E-state index in [9.17, 15) is 14.3 Å². The first kappa shape index (κ1) is 34.5. The minimum absolute atomic E-state index is 0.0377. The van der Waals surface area contributed by atoms with Crippen LogP contribution in [0, 0.1) is 0 Å². The summed E-state index contributed by atoms with van der Waals surface area (Å²) in [5.41, 5.74) is 0. The van der Waals surface area contributed by atoms with Gasteiger partial charge in [0, 0.05) is 13.0 Å². The Kier molecular flexibility index (Phi) is 21.3. The maximum absolute atomic E-state index is 12.0. The summed E-state index contributed by atoms with van der Waals surface area (Å²) in [5, 5.41) is 0. The molecule has 0 aromatic carbocycles. The van der Waals surface area contributed by atoms with E-state index in [1.54, 1.807) is 6.92 Å². The van der Waals surface area contributed by atoms with E-state index in [4.69, 9.17) is 18.5 Å². The molecule has 0 fully saturated rings. The summed E-state index contributed by atoms with van der Waals surface area (Å²) in [4.78, 5) is 24.0. The second kappa shape index (κ2) is 21.6. The lowest BCUT2D eigenvalue weighted by molar-refractivity contribution is -0.870. The second-order valence-corrected chi connectivity index (χ2v) is 11.8. The van der Waals surface area contributed by atoms with Crippen LogP contribution in [0.5, 0.6) is 0 Å². The van der Waals surface area contributed by atoms with E-state index >= 15 is 0 Å². The van der Waals surface area contributed by atoms with Crippen molar-refractivity contribution in [2.45, 2.75) is 110 Å². The van der Waals surface area contributed by atoms with Crippen molar-refractivity contribution >= 4 is 13.8 Å². The van der Waals surface area contributed by atoms with E-state index in [1.807, 2.05) is 21.1 Å². The molecule has 0 bridgehead atoms. The molecular weight excluding hydrogens is 469 g/mol. The first-order chi connectivity index (χ1) is 16.6. The van der Waals surface area contributed by atoms with Gasteiger partial charge in [0.2, 0.25) is 0 Å². The molecule has 35 heavy (non-hydrogen) atoms. The van der Waals surface area contributed by atoms with Gasteiger partial charge in [-0.25, -0.2) is 0 Å². The lowest BCUT2D eigenvalue weighted by atomic mass is 10.0. The number of hydrogen-bond acceptors (Lipinski definition) is 7. The molecule has 0 aromatic heterocycles. The van der Waals surface area contributed by atoms with Crippen LogP contribution in [-0.2, 0) is 27.9 Å². The molecule has 0 heterocycles. The van der Waals surface area contributed by atoms with Gasteiger partial charge in [0.1, 0.15) is 25.9 Å². The highest BCUT2D eigenvalue weighted by Crippen LogP contribution is 2.38. The summed E-state index contributed by atoms with van der Waals surface area (Å²) in [5.74, 6) is -0.290. The first-order valence-corrected chi connectivity index (χ1v) is 15.2. The van der Waals surface area contributed by atoms with Crippen LogP contribution in [0.15, 0.2) is 0 Å². The predicted molar refractivity (Wildman–Crippen MR) is 139 cm³/mol. The van der Waals surface area contributed by atoms with Crippen molar-refractivity contribution in [2.24, 2.45) is 0 Å². The Bertz CT molecular complexity index is 554. The average Bonchev–Trinajstić information content (AvgIpc) is 2.77. The van der Waals surface area contributed by atoms with Crippen LogP contribution in [0.2, 0.25) is 0 Å². The van der Waals surface area contributed by atoms with E-state index in [2.05, 4.69) is 6.92 Å². The van der Waals surface area contributed by atoms with Gasteiger partial charge in [-0.1, -0.05) is 84.0 Å². The van der Waals surface area contributed by atoms with Crippen molar-refractivity contribution in [1.29, 1.82) is 0 Å². The number of nitrogens with zero attached hydrogens (tertiary/aromatic N) is 1. The standard InChI is InChI=1S/C26H54NO7P/c1-6-8-9-10-11-12-13-14-15-16-17-18-19-20-26(28)32-23-25(31-7-2)24-34-35(29,30)33-22-21-27(3,4)5/h25H,6-24H2,1-5H3/t25-/m1/s1.